The molecule has 0 saturated heterocycles. The van der Waals surface area contributed by atoms with Crippen molar-refractivity contribution in [1.82, 2.24) is 19.9 Å². The summed E-state index contributed by atoms with van der Waals surface area (Å²) in [6.45, 7) is 4.78. The minimum atomic E-state index is -1.59. The molecule has 1 atom stereocenters. The SMILES string of the molecule is COc1ncc(C(C)N)c2cc(Cc3ccnc(C(C)(C)F)n3)ncc12. The molecular weight excluding hydrogens is 333 g/mol. The Labute approximate surface area is 151 Å². The van der Waals surface area contributed by atoms with Crippen LogP contribution in [0.1, 0.15) is 49.6 Å². The molecule has 0 aliphatic rings. The normalized spacial score (nSPS) is 13.0. The van der Waals surface area contributed by atoms with Crippen LogP contribution < -0.4 is 10.5 Å². The van der Waals surface area contributed by atoms with Gasteiger partial charge < -0.3 is 10.5 Å². The third-order valence-electron chi connectivity index (χ3n) is 4.11. The smallest absolute Gasteiger partial charge is 0.222 e. The molecular formula is C19H22FN5O. The van der Waals surface area contributed by atoms with Gasteiger partial charge >= 0.3 is 0 Å². The summed E-state index contributed by atoms with van der Waals surface area (Å²) < 4.78 is 19.4. The summed E-state index contributed by atoms with van der Waals surface area (Å²) in [7, 11) is 1.57. The van der Waals surface area contributed by atoms with Crippen molar-refractivity contribution >= 4 is 10.8 Å². The van der Waals surface area contributed by atoms with Crippen molar-refractivity contribution in [2.45, 2.75) is 38.9 Å². The summed E-state index contributed by atoms with van der Waals surface area (Å²) in [5.74, 6) is 0.671. The Morgan fingerprint density at radius 3 is 2.58 bits per heavy atom. The molecule has 6 nitrogen and oxygen atoms in total. The maximum absolute atomic E-state index is 14.1. The first-order valence-electron chi connectivity index (χ1n) is 8.38. The zero-order valence-corrected chi connectivity index (χ0v) is 15.3. The van der Waals surface area contributed by atoms with Gasteiger partial charge in [-0.15, -0.1) is 0 Å². The Kier molecular flexibility index (Phi) is 4.82. The summed E-state index contributed by atoms with van der Waals surface area (Å²) in [6, 6.07) is 3.55. The fraction of sp³-hybridized carbons (Fsp3) is 0.368. The van der Waals surface area contributed by atoms with Crippen LogP contribution in [0.15, 0.2) is 30.7 Å². The van der Waals surface area contributed by atoms with Crippen molar-refractivity contribution in [1.29, 1.82) is 0 Å². The number of nitrogens with two attached hydrogens (primary N) is 1. The molecule has 0 bridgehead atoms. The van der Waals surface area contributed by atoms with Crippen molar-refractivity contribution in [3.05, 3.63) is 53.5 Å². The number of alkyl halides is 1. The van der Waals surface area contributed by atoms with E-state index in [9.17, 15) is 4.39 Å². The number of hydrogen-bond acceptors (Lipinski definition) is 6. The average molecular weight is 355 g/mol. The highest BCUT2D eigenvalue weighted by Gasteiger charge is 2.22. The second kappa shape index (κ2) is 6.92. The highest BCUT2D eigenvalue weighted by atomic mass is 19.1. The van der Waals surface area contributed by atoms with Crippen molar-refractivity contribution < 1.29 is 9.13 Å². The molecule has 26 heavy (non-hydrogen) atoms. The van der Waals surface area contributed by atoms with Crippen LogP contribution in [0.25, 0.3) is 10.8 Å². The molecule has 0 aliphatic carbocycles. The lowest BCUT2D eigenvalue weighted by molar-refractivity contribution is 0.206. The van der Waals surface area contributed by atoms with Crippen LogP contribution in [-0.2, 0) is 12.1 Å². The maximum Gasteiger partial charge on any atom is 0.222 e. The van der Waals surface area contributed by atoms with Crippen LogP contribution in [0.3, 0.4) is 0 Å². The molecule has 1 unspecified atom stereocenters. The average Bonchev–Trinajstić information content (AvgIpc) is 2.60. The van der Waals surface area contributed by atoms with Crippen LogP contribution in [0.4, 0.5) is 4.39 Å². The van der Waals surface area contributed by atoms with E-state index in [0.29, 0.717) is 18.0 Å². The third kappa shape index (κ3) is 3.62. The molecule has 0 amide bonds. The van der Waals surface area contributed by atoms with Crippen molar-refractivity contribution in [3.63, 3.8) is 0 Å². The standard InChI is InChI=1S/C19H22FN5O/c1-11(21)15-9-24-17(26-4)16-10-23-13(8-14(15)16)7-12-5-6-22-18(25-12)19(2,3)20/h5-6,8-11H,7,21H2,1-4H3. The Hall–Kier alpha value is -2.67. The van der Waals surface area contributed by atoms with Gasteiger partial charge in [0.15, 0.2) is 11.5 Å². The Balaban J connectivity index is 2.03. The van der Waals surface area contributed by atoms with Gasteiger partial charge in [0.05, 0.1) is 18.2 Å². The molecule has 0 radical (unpaired) electrons. The fourth-order valence-corrected chi connectivity index (χ4v) is 2.76. The van der Waals surface area contributed by atoms with Gasteiger partial charge in [-0.1, -0.05) is 0 Å². The van der Waals surface area contributed by atoms with E-state index in [1.54, 1.807) is 31.8 Å². The first-order valence-corrected chi connectivity index (χ1v) is 8.38. The van der Waals surface area contributed by atoms with Crippen LogP contribution in [0, 0.1) is 0 Å². The van der Waals surface area contributed by atoms with E-state index in [-0.39, 0.29) is 11.9 Å². The predicted molar refractivity (Wildman–Crippen MR) is 97.7 cm³/mol. The minimum Gasteiger partial charge on any atom is -0.481 e. The van der Waals surface area contributed by atoms with Crippen LogP contribution in [0.2, 0.25) is 0 Å². The van der Waals surface area contributed by atoms with E-state index in [1.165, 1.54) is 13.8 Å². The Bertz CT molecular complexity index is 937. The van der Waals surface area contributed by atoms with E-state index >= 15 is 0 Å². The lowest BCUT2D eigenvalue weighted by Gasteiger charge is -2.14. The lowest BCUT2D eigenvalue weighted by atomic mass is 10.0. The van der Waals surface area contributed by atoms with Crippen molar-refractivity contribution in [2.75, 3.05) is 7.11 Å². The number of ether oxygens (including phenoxy) is 1. The number of hydrogen-bond donors (Lipinski definition) is 1. The van der Waals surface area contributed by atoms with Gasteiger partial charge in [-0.2, -0.15) is 0 Å². The van der Waals surface area contributed by atoms with E-state index in [2.05, 4.69) is 19.9 Å². The zero-order chi connectivity index (χ0) is 18.9. The lowest BCUT2D eigenvalue weighted by Crippen LogP contribution is -2.15. The van der Waals surface area contributed by atoms with Gasteiger partial charge in [0.25, 0.3) is 0 Å². The maximum atomic E-state index is 14.1. The quantitative estimate of drug-likeness (QED) is 0.756. The first-order chi connectivity index (χ1) is 12.3. The van der Waals surface area contributed by atoms with Gasteiger partial charge in [-0.05, 0) is 43.9 Å². The van der Waals surface area contributed by atoms with Gasteiger partial charge in [0.2, 0.25) is 5.88 Å². The molecule has 0 spiro atoms. The monoisotopic (exact) mass is 355 g/mol. The summed E-state index contributed by atoms with van der Waals surface area (Å²) in [4.78, 5) is 17.1. The van der Waals surface area contributed by atoms with E-state index in [1.807, 2.05) is 13.0 Å². The second-order valence-corrected chi connectivity index (χ2v) is 6.75. The number of pyridine rings is 2. The van der Waals surface area contributed by atoms with E-state index < -0.39 is 5.67 Å². The number of methoxy groups -OCH3 is 1. The number of aromatic nitrogens is 4. The largest absolute Gasteiger partial charge is 0.481 e. The number of halogens is 1. The summed E-state index contributed by atoms with van der Waals surface area (Å²) in [5.41, 5.74) is 6.91. The van der Waals surface area contributed by atoms with Gasteiger partial charge in [0, 0.05) is 36.7 Å². The van der Waals surface area contributed by atoms with Crippen molar-refractivity contribution in [2.24, 2.45) is 5.73 Å². The summed E-state index contributed by atoms with van der Waals surface area (Å²) in [5, 5.41) is 1.75. The molecule has 7 heteroatoms. The molecule has 0 aromatic carbocycles. The molecule has 3 heterocycles. The van der Waals surface area contributed by atoms with Gasteiger partial charge in [0.1, 0.15) is 0 Å². The molecule has 3 aromatic rings. The van der Waals surface area contributed by atoms with Gasteiger partial charge in [-0.3, -0.25) is 4.98 Å². The van der Waals surface area contributed by atoms with E-state index in [0.717, 1.165) is 22.0 Å². The highest BCUT2D eigenvalue weighted by Crippen LogP contribution is 2.29. The molecule has 0 aliphatic heterocycles. The molecule has 3 aromatic heterocycles. The first kappa shape index (κ1) is 18.1. The van der Waals surface area contributed by atoms with Crippen LogP contribution in [0.5, 0.6) is 5.88 Å². The summed E-state index contributed by atoms with van der Waals surface area (Å²) in [6.07, 6.45) is 5.48. The Morgan fingerprint density at radius 1 is 1.15 bits per heavy atom. The van der Waals surface area contributed by atoms with Crippen LogP contribution in [-0.4, -0.2) is 27.0 Å². The summed E-state index contributed by atoms with van der Waals surface area (Å²) >= 11 is 0. The highest BCUT2D eigenvalue weighted by molar-refractivity contribution is 5.89. The van der Waals surface area contributed by atoms with E-state index in [4.69, 9.17) is 10.5 Å². The molecule has 0 fully saturated rings. The molecule has 3 rings (SSSR count). The zero-order valence-electron chi connectivity index (χ0n) is 15.3. The topological polar surface area (TPSA) is 86.8 Å². The van der Waals surface area contributed by atoms with Crippen LogP contribution >= 0.6 is 0 Å². The Morgan fingerprint density at radius 2 is 1.92 bits per heavy atom. The minimum absolute atomic E-state index is 0.165. The predicted octanol–water partition coefficient (Wildman–Crippen LogP) is 3.24. The second-order valence-electron chi connectivity index (χ2n) is 6.75. The third-order valence-corrected chi connectivity index (χ3v) is 4.11. The fourth-order valence-electron chi connectivity index (χ4n) is 2.76. The van der Waals surface area contributed by atoms with Crippen molar-refractivity contribution in [3.8, 4) is 5.88 Å². The molecule has 0 saturated carbocycles. The number of rotatable bonds is 5. The number of nitrogens with zero attached hydrogens (tertiary/aromatic N) is 4. The molecule has 136 valence electrons. The molecule has 2 N–H and O–H groups in total. The number of fused-ring (bicyclic) bond motifs is 1. The van der Waals surface area contributed by atoms with Gasteiger partial charge in [-0.25, -0.2) is 19.3 Å².